The summed E-state index contributed by atoms with van der Waals surface area (Å²) in [6.45, 7) is 2.18. The van der Waals surface area contributed by atoms with Crippen LogP contribution in [0.2, 0.25) is 0 Å². The Morgan fingerprint density at radius 3 is 2.59 bits per heavy atom. The minimum absolute atomic E-state index is 0.00198. The first kappa shape index (κ1) is 17.7. The van der Waals surface area contributed by atoms with Crippen molar-refractivity contribution in [2.24, 2.45) is 0 Å². The summed E-state index contributed by atoms with van der Waals surface area (Å²) < 4.78 is 35.1. The van der Waals surface area contributed by atoms with Gasteiger partial charge in [-0.05, 0) is 42.3 Å². The Bertz CT molecular complexity index is 920. The van der Waals surface area contributed by atoms with Crippen molar-refractivity contribution in [3.8, 4) is 5.75 Å². The Labute approximate surface area is 157 Å². The molecular weight excluding hydrogens is 346 g/mol. The predicted molar refractivity (Wildman–Crippen MR) is 101 cm³/mol. The number of aryl methyl sites for hydroxylation is 1. The van der Waals surface area contributed by atoms with Crippen molar-refractivity contribution in [3.05, 3.63) is 89.2 Å². The van der Waals surface area contributed by atoms with Crippen LogP contribution in [0.25, 0.3) is 0 Å². The number of hydrogen-bond donors (Lipinski definition) is 0. The van der Waals surface area contributed by atoms with Crippen LogP contribution in [0.1, 0.15) is 29.3 Å². The molecule has 0 saturated carbocycles. The third-order valence-electron chi connectivity index (χ3n) is 5.17. The van der Waals surface area contributed by atoms with E-state index in [9.17, 15) is 8.78 Å². The van der Waals surface area contributed by atoms with Crippen LogP contribution in [0.4, 0.5) is 8.78 Å². The molecule has 0 aliphatic carbocycles. The number of fused-ring (bicyclic) bond motifs is 1. The van der Waals surface area contributed by atoms with Gasteiger partial charge in [-0.2, -0.15) is 0 Å². The topological polar surface area (TPSA) is 17.4 Å². The first-order valence-corrected chi connectivity index (χ1v) is 9.12. The van der Waals surface area contributed by atoms with Crippen LogP contribution in [0.3, 0.4) is 0 Å². The maximum absolute atomic E-state index is 14.3. The lowest BCUT2D eigenvalue weighted by Crippen LogP contribution is -2.29. The van der Waals surface area contributed by atoms with E-state index in [1.165, 1.54) is 11.8 Å². The molecule has 0 bridgehead atoms. The van der Waals surface area contributed by atoms with E-state index in [1.54, 1.807) is 13.2 Å². The summed E-state index contributed by atoms with van der Waals surface area (Å²) in [5, 5.41) is 0. The van der Waals surface area contributed by atoms with Crippen molar-refractivity contribution in [2.75, 3.05) is 13.7 Å². The number of methoxy groups -OCH3 is 1. The summed E-state index contributed by atoms with van der Waals surface area (Å²) in [4.78, 5) is 2.26. The predicted octanol–water partition coefficient (Wildman–Crippen LogP) is 4.77. The maximum atomic E-state index is 14.3. The fourth-order valence-corrected chi connectivity index (χ4v) is 3.85. The second-order valence-electron chi connectivity index (χ2n) is 6.86. The van der Waals surface area contributed by atoms with Gasteiger partial charge in [0.25, 0.3) is 0 Å². The standard InChI is InChI=1S/C22H22F2N2O/c1-27-19-9-6-16(7-10-19)22-21-4-2-11-25(21)12-3-13-26(22)15-17-5-8-18(23)14-20(17)24/h2,4-11,14,22H,3,12-13,15H2,1H3. The summed E-state index contributed by atoms with van der Waals surface area (Å²) in [7, 11) is 1.65. The van der Waals surface area contributed by atoms with Gasteiger partial charge in [-0.3, -0.25) is 4.90 Å². The van der Waals surface area contributed by atoms with Crippen LogP contribution in [-0.2, 0) is 13.1 Å². The Kier molecular flexibility index (Phi) is 4.94. The molecule has 1 atom stereocenters. The molecule has 5 heteroatoms. The molecule has 2 heterocycles. The minimum Gasteiger partial charge on any atom is -0.497 e. The summed E-state index contributed by atoms with van der Waals surface area (Å²) in [6.07, 6.45) is 3.06. The number of hydrogen-bond acceptors (Lipinski definition) is 2. The van der Waals surface area contributed by atoms with E-state index in [2.05, 4.69) is 33.9 Å². The minimum atomic E-state index is -0.548. The lowest BCUT2D eigenvalue weighted by molar-refractivity contribution is 0.217. The average molecular weight is 368 g/mol. The number of ether oxygens (including phenoxy) is 1. The van der Waals surface area contributed by atoms with Gasteiger partial charge < -0.3 is 9.30 Å². The number of benzene rings is 2. The van der Waals surface area contributed by atoms with E-state index in [0.717, 1.165) is 36.9 Å². The zero-order valence-electron chi connectivity index (χ0n) is 15.2. The summed E-state index contributed by atoms with van der Waals surface area (Å²) in [5.74, 6) is -0.241. The van der Waals surface area contributed by atoms with Crippen molar-refractivity contribution < 1.29 is 13.5 Å². The van der Waals surface area contributed by atoms with E-state index in [0.29, 0.717) is 12.1 Å². The van der Waals surface area contributed by atoms with Gasteiger partial charge in [-0.1, -0.05) is 18.2 Å². The molecule has 0 radical (unpaired) electrons. The van der Waals surface area contributed by atoms with Crippen molar-refractivity contribution in [3.63, 3.8) is 0 Å². The van der Waals surface area contributed by atoms with Crippen LogP contribution in [-0.4, -0.2) is 23.1 Å². The number of halogens is 2. The quantitative estimate of drug-likeness (QED) is 0.660. The molecule has 140 valence electrons. The van der Waals surface area contributed by atoms with Crippen LogP contribution < -0.4 is 4.74 Å². The molecule has 3 nitrogen and oxygen atoms in total. The molecule has 1 aromatic heterocycles. The molecule has 27 heavy (non-hydrogen) atoms. The van der Waals surface area contributed by atoms with Crippen LogP contribution >= 0.6 is 0 Å². The lowest BCUT2D eigenvalue weighted by Gasteiger charge is -2.31. The summed E-state index contributed by atoms with van der Waals surface area (Å²) in [6, 6.07) is 16.0. The third kappa shape index (κ3) is 3.60. The van der Waals surface area contributed by atoms with Crippen molar-refractivity contribution in [1.82, 2.24) is 9.47 Å². The molecule has 1 unspecified atom stereocenters. The monoisotopic (exact) mass is 368 g/mol. The van der Waals surface area contributed by atoms with Crippen LogP contribution in [0, 0.1) is 11.6 Å². The Balaban J connectivity index is 1.73. The summed E-state index contributed by atoms with van der Waals surface area (Å²) in [5.41, 5.74) is 2.82. The zero-order valence-corrected chi connectivity index (χ0v) is 15.2. The van der Waals surface area contributed by atoms with Gasteiger partial charge in [0.2, 0.25) is 0 Å². The average Bonchev–Trinajstić information content (AvgIpc) is 3.05. The van der Waals surface area contributed by atoms with E-state index in [-0.39, 0.29) is 6.04 Å². The van der Waals surface area contributed by atoms with E-state index >= 15 is 0 Å². The van der Waals surface area contributed by atoms with Crippen molar-refractivity contribution in [2.45, 2.75) is 25.6 Å². The highest BCUT2D eigenvalue weighted by atomic mass is 19.1. The van der Waals surface area contributed by atoms with E-state index in [1.807, 2.05) is 18.2 Å². The fourth-order valence-electron chi connectivity index (χ4n) is 3.85. The smallest absolute Gasteiger partial charge is 0.130 e. The van der Waals surface area contributed by atoms with Crippen LogP contribution in [0.5, 0.6) is 5.75 Å². The fraction of sp³-hybridized carbons (Fsp3) is 0.273. The largest absolute Gasteiger partial charge is 0.497 e. The second kappa shape index (κ2) is 7.53. The van der Waals surface area contributed by atoms with E-state index < -0.39 is 11.6 Å². The lowest BCUT2D eigenvalue weighted by atomic mass is 10.0. The molecule has 0 N–H and O–H groups in total. The molecule has 0 saturated heterocycles. The van der Waals surface area contributed by atoms with Gasteiger partial charge in [-0.25, -0.2) is 8.78 Å². The maximum Gasteiger partial charge on any atom is 0.130 e. The molecule has 1 aliphatic heterocycles. The molecule has 3 aromatic rings. The molecule has 1 aliphatic rings. The van der Waals surface area contributed by atoms with Crippen molar-refractivity contribution in [1.29, 1.82) is 0 Å². The second-order valence-corrected chi connectivity index (χ2v) is 6.86. The molecule has 2 aromatic carbocycles. The molecule has 4 rings (SSSR count). The first-order chi connectivity index (χ1) is 13.2. The first-order valence-electron chi connectivity index (χ1n) is 9.12. The normalized spacial score (nSPS) is 17.4. The van der Waals surface area contributed by atoms with Gasteiger partial charge in [0.1, 0.15) is 17.4 Å². The zero-order chi connectivity index (χ0) is 18.8. The van der Waals surface area contributed by atoms with Gasteiger partial charge in [-0.15, -0.1) is 0 Å². The van der Waals surface area contributed by atoms with Gasteiger partial charge in [0, 0.05) is 43.2 Å². The molecule has 0 fully saturated rings. The van der Waals surface area contributed by atoms with Crippen molar-refractivity contribution >= 4 is 0 Å². The van der Waals surface area contributed by atoms with Gasteiger partial charge in [0.15, 0.2) is 0 Å². The SMILES string of the molecule is COc1ccc(C2c3cccn3CCCN2Cc2ccc(F)cc2F)cc1. The number of rotatable bonds is 4. The van der Waals surface area contributed by atoms with Gasteiger partial charge in [0.05, 0.1) is 13.2 Å². The number of nitrogens with zero attached hydrogens (tertiary/aromatic N) is 2. The Morgan fingerprint density at radius 2 is 1.85 bits per heavy atom. The Morgan fingerprint density at radius 1 is 1.04 bits per heavy atom. The molecule has 0 amide bonds. The third-order valence-corrected chi connectivity index (χ3v) is 5.17. The van der Waals surface area contributed by atoms with Gasteiger partial charge >= 0.3 is 0 Å². The molecule has 0 spiro atoms. The Hall–Kier alpha value is -2.66. The van der Waals surface area contributed by atoms with Crippen LogP contribution in [0.15, 0.2) is 60.8 Å². The number of aromatic nitrogens is 1. The highest BCUT2D eigenvalue weighted by Crippen LogP contribution is 2.34. The molecular formula is C22H22F2N2O. The highest BCUT2D eigenvalue weighted by Gasteiger charge is 2.28. The highest BCUT2D eigenvalue weighted by molar-refractivity contribution is 5.34. The van der Waals surface area contributed by atoms with E-state index in [4.69, 9.17) is 4.74 Å². The summed E-state index contributed by atoms with van der Waals surface area (Å²) >= 11 is 0.